The summed E-state index contributed by atoms with van der Waals surface area (Å²) in [5, 5.41) is 0. The van der Waals surface area contributed by atoms with Gasteiger partial charge >= 0.3 is 5.97 Å². The third-order valence-corrected chi connectivity index (χ3v) is 4.63. The number of hydrogen-bond acceptors (Lipinski definition) is 5. The molecule has 6 heteroatoms. The van der Waals surface area contributed by atoms with Gasteiger partial charge in [-0.25, -0.2) is 0 Å². The molecule has 0 unspecified atom stereocenters. The lowest BCUT2D eigenvalue weighted by molar-refractivity contribution is -0.148. The van der Waals surface area contributed by atoms with Gasteiger partial charge < -0.3 is 4.74 Å². The number of carbonyl (C=O) groups is 4. The van der Waals surface area contributed by atoms with Crippen LogP contribution in [0.3, 0.4) is 0 Å². The normalized spacial score (nSPS) is 14.2. The van der Waals surface area contributed by atoms with Gasteiger partial charge in [-0.05, 0) is 23.6 Å². The van der Waals surface area contributed by atoms with Crippen molar-refractivity contribution in [2.75, 3.05) is 0 Å². The Morgan fingerprint density at radius 2 is 1.43 bits per heavy atom. The molecule has 0 saturated carbocycles. The molecule has 144 valence electrons. The van der Waals surface area contributed by atoms with Crippen molar-refractivity contribution in [1.29, 1.82) is 0 Å². The maximum atomic E-state index is 12.8. The molecule has 28 heavy (non-hydrogen) atoms. The molecule has 0 spiro atoms. The summed E-state index contributed by atoms with van der Waals surface area (Å²) in [5.74, 6) is -2.55. The third kappa shape index (κ3) is 3.86. The number of ketones is 1. The summed E-state index contributed by atoms with van der Waals surface area (Å²) >= 11 is 0. The summed E-state index contributed by atoms with van der Waals surface area (Å²) in [6.07, 6.45) is -0.497. The molecule has 1 aliphatic rings. The lowest BCUT2D eigenvalue weighted by atomic mass is 9.96. The van der Waals surface area contributed by atoms with Crippen LogP contribution >= 0.6 is 0 Å². The molecular formula is C22H21NO5. The first kappa shape index (κ1) is 19.5. The third-order valence-electron chi connectivity index (χ3n) is 4.63. The Labute approximate surface area is 163 Å². The molecule has 1 atom stereocenters. The molecule has 2 amide bonds. The van der Waals surface area contributed by atoms with Crippen molar-refractivity contribution in [3.05, 3.63) is 71.3 Å². The largest absolute Gasteiger partial charge is 0.460 e. The van der Waals surface area contributed by atoms with E-state index in [1.54, 1.807) is 38.1 Å². The zero-order chi connectivity index (χ0) is 20.3. The van der Waals surface area contributed by atoms with Crippen LogP contribution in [0.4, 0.5) is 0 Å². The molecule has 3 rings (SSSR count). The monoisotopic (exact) mass is 379 g/mol. The number of Topliss-reactive ketones (excluding diaryl/α,β-unsaturated/α-hetero) is 1. The SMILES string of the molecule is CC(C)[C@@H](C(=O)CC(=O)OCc1ccccc1)N1C(=O)c2ccccc2C1=O. The Balaban J connectivity index is 1.70. The molecule has 1 heterocycles. The number of rotatable bonds is 7. The van der Waals surface area contributed by atoms with Crippen LogP contribution in [0.5, 0.6) is 0 Å². The van der Waals surface area contributed by atoms with Crippen LogP contribution in [0.25, 0.3) is 0 Å². The molecule has 0 N–H and O–H groups in total. The summed E-state index contributed by atoms with van der Waals surface area (Å²) in [4.78, 5) is 51.3. The van der Waals surface area contributed by atoms with Crippen molar-refractivity contribution < 1.29 is 23.9 Å². The first-order valence-corrected chi connectivity index (χ1v) is 9.09. The second kappa shape index (κ2) is 8.17. The second-order valence-corrected chi connectivity index (χ2v) is 7.00. The summed E-state index contributed by atoms with van der Waals surface area (Å²) in [7, 11) is 0. The van der Waals surface area contributed by atoms with Gasteiger partial charge in [0.15, 0.2) is 5.78 Å². The highest BCUT2D eigenvalue weighted by molar-refractivity contribution is 6.23. The van der Waals surface area contributed by atoms with Crippen LogP contribution in [-0.4, -0.2) is 34.5 Å². The summed E-state index contributed by atoms with van der Waals surface area (Å²) in [5.41, 5.74) is 1.36. The predicted molar refractivity (Wildman–Crippen MR) is 101 cm³/mol. The van der Waals surface area contributed by atoms with Crippen molar-refractivity contribution in [2.45, 2.75) is 32.9 Å². The van der Waals surface area contributed by atoms with Crippen LogP contribution in [0, 0.1) is 5.92 Å². The van der Waals surface area contributed by atoms with E-state index >= 15 is 0 Å². The topological polar surface area (TPSA) is 80.8 Å². The second-order valence-electron chi connectivity index (χ2n) is 7.00. The molecule has 0 saturated heterocycles. The molecular weight excluding hydrogens is 358 g/mol. The van der Waals surface area contributed by atoms with Gasteiger partial charge in [-0.2, -0.15) is 0 Å². The van der Waals surface area contributed by atoms with E-state index in [0.29, 0.717) is 0 Å². The van der Waals surface area contributed by atoms with E-state index in [1.807, 2.05) is 30.3 Å². The fraction of sp³-hybridized carbons (Fsp3) is 0.273. The quantitative estimate of drug-likeness (QED) is 0.420. The lowest BCUT2D eigenvalue weighted by Crippen LogP contribution is -2.48. The van der Waals surface area contributed by atoms with Gasteiger partial charge in [0.25, 0.3) is 11.8 Å². The zero-order valence-electron chi connectivity index (χ0n) is 15.8. The van der Waals surface area contributed by atoms with Crippen LogP contribution in [0.15, 0.2) is 54.6 Å². The number of imide groups is 1. The molecule has 2 aromatic rings. The lowest BCUT2D eigenvalue weighted by Gasteiger charge is -2.28. The van der Waals surface area contributed by atoms with Gasteiger partial charge in [0.2, 0.25) is 0 Å². The summed E-state index contributed by atoms with van der Waals surface area (Å²) in [6, 6.07) is 14.6. The van der Waals surface area contributed by atoms with E-state index in [1.165, 1.54) is 0 Å². The van der Waals surface area contributed by atoms with Gasteiger partial charge in [0.1, 0.15) is 19.1 Å². The van der Waals surface area contributed by atoms with E-state index in [9.17, 15) is 19.2 Å². The minimum atomic E-state index is -1.02. The van der Waals surface area contributed by atoms with E-state index in [-0.39, 0.29) is 23.7 Å². The number of hydrogen-bond donors (Lipinski definition) is 0. The van der Waals surface area contributed by atoms with Crippen LogP contribution in [0.2, 0.25) is 0 Å². The molecule has 0 aliphatic carbocycles. The molecule has 1 aliphatic heterocycles. The number of fused-ring (bicyclic) bond motifs is 1. The average Bonchev–Trinajstić information content (AvgIpc) is 2.93. The van der Waals surface area contributed by atoms with Crippen molar-refractivity contribution in [2.24, 2.45) is 5.92 Å². The molecule has 0 radical (unpaired) electrons. The Morgan fingerprint density at radius 1 is 0.893 bits per heavy atom. The summed E-state index contributed by atoms with van der Waals surface area (Å²) < 4.78 is 5.16. The Hall–Kier alpha value is -3.28. The van der Waals surface area contributed by atoms with E-state index in [0.717, 1.165) is 10.5 Å². The minimum absolute atomic E-state index is 0.0618. The van der Waals surface area contributed by atoms with E-state index in [4.69, 9.17) is 4.74 Å². The predicted octanol–water partition coefficient (Wildman–Crippen LogP) is 3.01. The number of nitrogens with zero attached hydrogens (tertiary/aromatic N) is 1. The molecule has 6 nitrogen and oxygen atoms in total. The van der Waals surface area contributed by atoms with Crippen LogP contribution in [-0.2, 0) is 20.9 Å². The van der Waals surface area contributed by atoms with Crippen molar-refractivity contribution in [1.82, 2.24) is 4.90 Å². The van der Waals surface area contributed by atoms with E-state index < -0.39 is 36.0 Å². The zero-order valence-corrected chi connectivity index (χ0v) is 15.8. The maximum Gasteiger partial charge on any atom is 0.313 e. The molecule has 0 fully saturated rings. The van der Waals surface area contributed by atoms with Crippen LogP contribution < -0.4 is 0 Å². The standard InChI is InChI=1S/C22H21NO5/c1-14(2)20(23-21(26)16-10-6-7-11-17(16)22(23)27)18(24)12-19(25)28-13-15-8-4-3-5-9-15/h3-11,14,20H,12-13H2,1-2H3/t20-/m0/s1. The highest BCUT2D eigenvalue weighted by atomic mass is 16.5. The highest BCUT2D eigenvalue weighted by Crippen LogP contribution is 2.28. The fourth-order valence-corrected chi connectivity index (χ4v) is 3.31. The number of ether oxygens (including phenoxy) is 1. The number of benzene rings is 2. The maximum absolute atomic E-state index is 12.8. The molecule has 2 aromatic carbocycles. The number of carbonyl (C=O) groups excluding carboxylic acids is 4. The van der Waals surface area contributed by atoms with Gasteiger partial charge in [0.05, 0.1) is 11.1 Å². The molecule has 0 aromatic heterocycles. The minimum Gasteiger partial charge on any atom is -0.460 e. The Morgan fingerprint density at radius 3 is 1.96 bits per heavy atom. The Bertz CT molecular complexity index is 885. The Kier molecular flexibility index (Phi) is 5.68. The van der Waals surface area contributed by atoms with Gasteiger partial charge in [-0.1, -0.05) is 56.3 Å². The van der Waals surface area contributed by atoms with Gasteiger partial charge in [0, 0.05) is 0 Å². The van der Waals surface area contributed by atoms with Crippen molar-refractivity contribution in [3.63, 3.8) is 0 Å². The first-order chi connectivity index (χ1) is 13.4. The first-order valence-electron chi connectivity index (χ1n) is 9.09. The smallest absolute Gasteiger partial charge is 0.313 e. The van der Waals surface area contributed by atoms with Crippen molar-refractivity contribution >= 4 is 23.6 Å². The fourth-order valence-electron chi connectivity index (χ4n) is 3.31. The highest BCUT2D eigenvalue weighted by Gasteiger charge is 2.44. The summed E-state index contributed by atoms with van der Waals surface area (Å²) in [6.45, 7) is 3.54. The van der Waals surface area contributed by atoms with Gasteiger partial charge in [-0.3, -0.25) is 24.1 Å². The molecule has 0 bridgehead atoms. The van der Waals surface area contributed by atoms with Crippen LogP contribution in [0.1, 0.15) is 46.5 Å². The number of esters is 1. The average molecular weight is 379 g/mol. The number of amides is 2. The van der Waals surface area contributed by atoms with Crippen molar-refractivity contribution in [3.8, 4) is 0 Å². The van der Waals surface area contributed by atoms with E-state index in [2.05, 4.69) is 0 Å². The van der Waals surface area contributed by atoms with Gasteiger partial charge in [-0.15, -0.1) is 0 Å².